The molecule has 0 radical (unpaired) electrons. The van der Waals surface area contributed by atoms with Gasteiger partial charge in [0.1, 0.15) is 11.4 Å². The van der Waals surface area contributed by atoms with E-state index >= 15 is 0 Å². The highest BCUT2D eigenvalue weighted by atomic mass is 16.7. The Morgan fingerprint density at radius 2 is 1.79 bits per heavy atom. The second-order valence-corrected chi connectivity index (χ2v) is 7.67. The van der Waals surface area contributed by atoms with Crippen LogP contribution in [-0.4, -0.2) is 48.0 Å². The number of carbonyl (C=O) groups excluding carboxylic acids is 2. The normalized spacial score (nSPS) is 19.3. The highest BCUT2D eigenvalue weighted by Gasteiger charge is 2.43. The number of piperidine rings is 1. The van der Waals surface area contributed by atoms with Crippen LogP contribution in [0.2, 0.25) is 0 Å². The number of amides is 2. The van der Waals surface area contributed by atoms with Crippen molar-refractivity contribution in [1.29, 1.82) is 0 Å². The van der Waals surface area contributed by atoms with Gasteiger partial charge >= 0.3 is 0 Å². The van der Waals surface area contributed by atoms with Crippen molar-refractivity contribution < 1.29 is 19.1 Å². The third-order valence-electron chi connectivity index (χ3n) is 5.71. The van der Waals surface area contributed by atoms with E-state index in [0.29, 0.717) is 48.7 Å². The molecule has 1 fully saturated rings. The topological polar surface area (TPSA) is 80.2 Å². The lowest BCUT2D eigenvalue weighted by Crippen LogP contribution is -2.52. The Labute approximate surface area is 168 Å². The molecule has 3 aliphatic heterocycles. The molecule has 1 N–H and O–H groups in total. The first-order valence-electron chi connectivity index (χ1n) is 9.71. The second kappa shape index (κ2) is 6.62. The number of nitrogens with zero attached hydrogens (tertiary/aromatic N) is 2. The second-order valence-electron chi connectivity index (χ2n) is 7.67. The third-order valence-corrected chi connectivity index (χ3v) is 5.71. The maximum Gasteiger partial charge on any atom is 0.272 e. The number of carbonyl (C=O) groups is 2. The fourth-order valence-electron chi connectivity index (χ4n) is 4.00. The molecular formula is C22H21N3O4. The molecule has 3 aliphatic rings. The first-order chi connectivity index (χ1) is 14.0. The summed E-state index contributed by atoms with van der Waals surface area (Å²) in [5.41, 5.74) is 2.38. The molecule has 29 heavy (non-hydrogen) atoms. The lowest BCUT2D eigenvalue weighted by Gasteiger charge is -2.37. The Morgan fingerprint density at radius 1 is 1.07 bits per heavy atom. The van der Waals surface area contributed by atoms with Crippen molar-refractivity contribution >= 4 is 17.5 Å². The van der Waals surface area contributed by atoms with Gasteiger partial charge in [-0.3, -0.25) is 14.6 Å². The lowest BCUT2D eigenvalue weighted by atomic mass is 9.97. The molecular weight excluding hydrogens is 370 g/mol. The lowest BCUT2D eigenvalue weighted by molar-refractivity contribution is -0.115. The molecule has 0 unspecified atom stereocenters. The summed E-state index contributed by atoms with van der Waals surface area (Å²) in [5, 5.41) is 3.05. The van der Waals surface area contributed by atoms with Crippen LogP contribution in [0.1, 0.15) is 34.3 Å². The quantitative estimate of drug-likeness (QED) is 0.852. The molecule has 5 rings (SSSR count). The predicted octanol–water partition coefficient (Wildman–Crippen LogP) is 2.28. The van der Waals surface area contributed by atoms with Gasteiger partial charge in [-0.15, -0.1) is 0 Å². The van der Waals surface area contributed by atoms with Crippen LogP contribution in [0, 0.1) is 6.92 Å². The zero-order valence-electron chi connectivity index (χ0n) is 16.1. The van der Waals surface area contributed by atoms with Crippen molar-refractivity contribution in [2.45, 2.75) is 25.4 Å². The molecule has 2 aromatic rings. The van der Waals surface area contributed by atoms with Gasteiger partial charge in [0.25, 0.3) is 11.8 Å². The van der Waals surface area contributed by atoms with Gasteiger partial charge in [-0.05, 0) is 25.1 Å². The number of ether oxygens (including phenoxy) is 2. The highest BCUT2D eigenvalue weighted by molar-refractivity contribution is 6.46. The molecule has 2 amide bonds. The average Bonchev–Trinajstić information content (AvgIpc) is 3.32. The van der Waals surface area contributed by atoms with Crippen molar-refractivity contribution in [3.8, 4) is 11.5 Å². The molecule has 2 aromatic carbocycles. The number of fused-ring (bicyclic) bond motifs is 1. The van der Waals surface area contributed by atoms with Crippen LogP contribution < -0.4 is 14.8 Å². The van der Waals surface area contributed by atoms with Crippen molar-refractivity contribution in [3.05, 3.63) is 59.2 Å². The van der Waals surface area contributed by atoms with Crippen LogP contribution in [0.3, 0.4) is 0 Å². The Hall–Kier alpha value is -3.35. The van der Waals surface area contributed by atoms with E-state index < -0.39 is 5.66 Å². The Kier molecular flexibility index (Phi) is 4.04. The van der Waals surface area contributed by atoms with Gasteiger partial charge in [-0.25, -0.2) is 0 Å². The van der Waals surface area contributed by atoms with E-state index in [1.807, 2.05) is 31.2 Å². The van der Waals surface area contributed by atoms with Crippen LogP contribution >= 0.6 is 0 Å². The molecule has 3 heterocycles. The minimum Gasteiger partial charge on any atom is -0.454 e. The molecule has 148 valence electrons. The molecule has 0 saturated carbocycles. The van der Waals surface area contributed by atoms with Gasteiger partial charge in [0.2, 0.25) is 6.79 Å². The zero-order chi connectivity index (χ0) is 20.0. The SMILES string of the molecule is Cc1ccc(C2=NC3(CCN(C(=O)c4ccc5c(c4)OCO5)CC3)NC2=O)cc1. The number of nitrogens with one attached hydrogen (secondary N) is 1. The molecule has 0 atom stereocenters. The number of likely N-dealkylation sites (tertiary alicyclic amines) is 1. The maximum absolute atomic E-state index is 12.9. The van der Waals surface area contributed by atoms with E-state index in [4.69, 9.17) is 14.5 Å². The Bertz CT molecular complexity index is 1020. The third kappa shape index (κ3) is 3.12. The summed E-state index contributed by atoms with van der Waals surface area (Å²) in [5.74, 6) is 1.06. The minimum atomic E-state index is -0.622. The molecule has 0 aromatic heterocycles. The number of benzene rings is 2. The maximum atomic E-state index is 12.9. The van der Waals surface area contributed by atoms with Gasteiger partial charge < -0.3 is 19.7 Å². The summed E-state index contributed by atoms with van der Waals surface area (Å²) in [4.78, 5) is 32.0. The molecule has 0 aliphatic carbocycles. The van der Waals surface area contributed by atoms with Crippen molar-refractivity contribution in [2.75, 3.05) is 19.9 Å². The van der Waals surface area contributed by atoms with E-state index in [1.165, 1.54) is 0 Å². The fourth-order valence-corrected chi connectivity index (χ4v) is 4.00. The summed E-state index contributed by atoms with van der Waals surface area (Å²) in [6.07, 6.45) is 1.18. The minimum absolute atomic E-state index is 0.0507. The van der Waals surface area contributed by atoms with E-state index in [1.54, 1.807) is 23.1 Å². The summed E-state index contributed by atoms with van der Waals surface area (Å²) in [6.45, 7) is 3.24. The van der Waals surface area contributed by atoms with Gasteiger partial charge in [0, 0.05) is 37.1 Å². The number of hydrogen-bond donors (Lipinski definition) is 1. The Balaban J connectivity index is 1.30. The van der Waals surface area contributed by atoms with E-state index in [-0.39, 0.29) is 18.6 Å². The fraction of sp³-hybridized carbons (Fsp3) is 0.318. The van der Waals surface area contributed by atoms with Crippen molar-refractivity contribution in [1.82, 2.24) is 10.2 Å². The number of rotatable bonds is 2. The smallest absolute Gasteiger partial charge is 0.272 e. The average molecular weight is 391 g/mol. The zero-order valence-corrected chi connectivity index (χ0v) is 16.1. The number of aliphatic imine (C=N–C) groups is 1. The molecule has 1 spiro atoms. The summed E-state index contributed by atoms with van der Waals surface area (Å²) in [7, 11) is 0. The molecule has 7 nitrogen and oxygen atoms in total. The van der Waals surface area contributed by atoms with Crippen molar-refractivity contribution in [2.24, 2.45) is 4.99 Å². The Morgan fingerprint density at radius 3 is 2.55 bits per heavy atom. The first-order valence-corrected chi connectivity index (χ1v) is 9.71. The monoisotopic (exact) mass is 391 g/mol. The van der Waals surface area contributed by atoms with Gasteiger partial charge in [0.15, 0.2) is 11.5 Å². The van der Waals surface area contributed by atoms with Gasteiger partial charge in [0.05, 0.1) is 0 Å². The number of aryl methyl sites for hydroxylation is 1. The van der Waals surface area contributed by atoms with Crippen LogP contribution in [0.15, 0.2) is 47.5 Å². The van der Waals surface area contributed by atoms with Gasteiger partial charge in [-0.2, -0.15) is 0 Å². The molecule has 1 saturated heterocycles. The van der Waals surface area contributed by atoms with E-state index in [0.717, 1.165) is 11.1 Å². The summed E-state index contributed by atoms with van der Waals surface area (Å²) in [6, 6.07) is 13.0. The van der Waals surface area contributed by atoms with Crippen LogP contribution in [0.25, 0.3) is 0 Å². The summed E-state index contributed by atoms with van der Waals surface area (Å²) < 4.78 is 10.7. The highest BCUT2D eigenvalue weighted by Crippen LogP contribution is 2.34. The predicted molar refractivity (Wildman–Crippen MR) is 106 cm³/mol. The van der Waals surface area contributed by atoms with Crippen LogP contribution in [-0.2, 0) is 4.79 Å². The van der Waals surface area contributed by atoms with Crippen molar-refractivity contribution in [3.63, 3.8) is 0 Å². The van der Waals surface area contributed by atoms with E-state index in [9.17, 15) is 9.59 Å². The van der Waals surface area contributed by atoms with Crippen LogP contribution in [0.5, 0.6) is 11.5 Å². The standard InChI is InChI=1S/C22H21N3O4/c1-14-2-4-15(5-3-14)19-20(26)24-22(23-19)8-10-25(11-9-22)21(27)16-6-7-17-18(12-16)29-13-28-17/h2-7,12H,8-11,13H2,1H3,(H,24,26). The molecule has 0 bridgehead atoms. The van der Waals surface area contributed by atoms with Crippen LogP contribution in [0.4, 0.5) is 0 Å². The first kappa shape index (κ1) is 17.7. The van der Waals surface area contributed by atoms with Gasteiger partial charge in [-0.1, -0.05) is 29.8 Å². The van der Waals surface area contributed by atoms with E-state index in [2.05, 4.69) is 5.32 Å². The molecule has 7 heteroatoms. The summed E-state index contributed by atoms with van der Waals surface area (Å²) >= 11 is 0. The number of hydrogen-bond acceptors (Lipinski definition) is 5. The largest absolute Gasteiger partial charge is 0.454 e.